The summed E-state index contributed by atoms with van der Waals surface area (Å²) in [6, 6.07) is 13.6. The van der Waals surface area contributed by atoms with Gasteiger partial charge < -0.3 is 9.64 Å². The molecule has 7 heteroatoms. The molecule has 0 saturated carbocycles. The van der Waals surface area contributed by atoms with Gasteiger partial charge in [0.2, 0.25) is 5.91 Å². The molecule has 1 aliphatic rings. The Balaban J connectivity index is 2.01. The zero-order valence-corrected chi connectivity index (χ0v) is 18.7. The lowest BCUT2D eigenvalue weighted by molar-refractivity contribution is -0.131. The Morgan fingerprint density at radius 1 is 1.17 bits per heavy atom. The van der Waals surface area contributed by atoms with Crippen LogP contribution in [0.3, 0.4) is 0 Å². The van der Waals surface area contributed by atoms with Gasteiger partial charge in [0, 0.05) is 13.1 Å². The molecule has 1 aliphatic heterocycles. The summed E-state index contributed by atoms with van der Waals surface area (Å²) < 4.78 is 34.0. The van der Waals surface area contributed by atoms with Gasteiger partial charge in [-0.05, 0) is 56.9 Å². The van der Waals surface area contributed by atoms with Gasteiger partial charge in [-0.2, -0.15) is 0 Å². The Bertz CT molecular complexity index is 973. The molecule has 0 aromatic heterocycles. The van der Waals surface area contributed by atoms with E-state index >= 15 is 0 Å². The van der Waals surface area contributed by atoms with E-state index in [2.05, 4.69) is 6.92 Å². The molecule has 2 aromatic carbocycles. The number of hydrogen-bond donors (Lipinski definition) is 0. The molecule has 162 valence electrons. The van der Waals surface area contributed by atoms with Crippen molar-refractivity contribution in [3.63, 3.8) is 0 Å². The van der Waals surface area contributed by atoms with Crippen LogP contribution in [0.2, 0.25) is 0 Å². The highest BCUT2D eigenvalue weighted by atomic mass is 32.2. The summed E-state index contributed by atoms with van der Waals surface area (Å²) >= 11 is 0. The topological polar surface area (TPSA) is 66.9 Å². The molecular weight excluding hydrogens is 400 g/mol. The number of aryl methyl sites for hydroxylation is 1. The average molecular weight is 431 g/mol. The number of nitrogens with zero attached hydrogens (tertiary/aromatic N) is 2. The smallest absolute Gasteiger partial charge is 0.264 e. The van der Waals surface area contributed by atoms with Gasteiger partial charge in [-0.1, -0.05) is 36.8 Å². The second-order valence-corrected chi connectivity index (χ2v) is 9.67. The molecule has 0 bridgehead atoms. The van der Waals surface area contributed by atoms with Crippen LogP contribution in [0.15, 0.2) is 53.4 Å². The minimum atomic E-state index is -3.95. The first-order valence-corrected chi connectivity index (χ1v) is 11.9. The second-order valence-electron chi connectivity index (χ2n) is 7.81. The lowest BCUT2D eigenvalue weighted by Gasteiger charge is -2.33. The van der Waals surface area contributed by atoms with E-state index < -0.39 is 10.0 Å². The molecule has 0 unspecified atom stereocenters. The quantitative estimate of drug-likeness (QED) is 0.669. The van der Waals surface area contributed by atoms with E-state index in [4.69, 9.17) is 4.74 Å². The molecule has 1 heterocycles. The third-order valence-corrected chi connectivity index (χ3v) is 7.11. The maximum absolute atomic E-state index is 13.6. The fourth-order valence-electron chi connectivity index (χ4n) is 3.72. The van der Waals surface area contributed by atoms with Crippen LogP contribution >= 0.6 is 0 Å². The van der Waals surface area contributed by atoms with Gasteiger partial charge in [-0.15, -0.1) is 0 Å². The van der Waals surface area contributed by atoms with Crippen LogP contribution in [0.25, 0.3) is 0 Å². The highest BCUT2D eigenvalue weighted by molar-refractivity contribution is 7.92. The van der Waals surface area contributed by atoms with Crippen molar-refractivity contribution in [2.24, 2.45) is 5.92 Å². The van der Waals surface area contributed by atoms with Gasteiger partial charge in [0.1, 0.15) is 12.3 Å². The molecule has 0 aliphatic carbocycles. The van der Waals surface area contributed by atoms with Gasteiger partial charge in [0.25, 0.3) is 10.0 Å². The van der Waals surface area contributed by atoms with Crippen LogP contribution in [-0.4, -0.2) is 45.5 Å². The average Bonchev–Trinajstić information content (AvgIpc) is 2.73. The van der Waals surface area contributed by atoms with Crippen LogP contribution < -0.4 is 9.04 Å². The summed E-state index contributed by atoms with van der Waals surface area (Å²) in [6.45, 7) is 7.32. The molecule has 0 N–H and O–H groups in total. The van der Waals surface area contributed by atoms with Gasteiger partial charge in [-0.25, -0.2) is 8.42 Å². The fourth-order valence-corrected chi connectivity index (χ4v) is 5.14. The highest BCUT2D eigenvalue weighted by Gasteiger charge is 2.31. The van der Waals surface area contributed by atoms with Crippen molar-refractivity contribution in [2.75, 3.05) is 30.5 Å². The minimum Gasteiger partial charge on any atom is -0.492 e. The number of carbonyl (C=O) groups is 1. The van der Waals surface area contributed by atoms with Crippen LogP contribution in [0.4, 0.5) is 5.69 Å². The third-order valence-electron chi connectivity index (χ3n) is 5.33. The zero-order valence-electron chi connectivity index (χ0n) is 17.9. The van der Waals surface area contributed by atoms with Crippen molar-refractivity contribution < 1.29 is 17.9 Å². The van der Waals surface area contributed by atoms with Crippen molar-refractivity contribution in [1.82, 2.24) is 4.90 Å². The monoisotopic (exact) mass is 430 g/mol. The third kappa shape index (κ3) is 4.95. The number of para-hydroxylation sites is 2. The first-order valence-electron chi connectivity index (χ1n) is 10.4. The molecular formula is C23H30N2O4S. The van der Waals surface area contributed by atoms with Crippen molar-refractivity contribution in [2.45, 2.75) is 38.5 Å². The van der Waals surface area contributed by atoms with Crippen LogP contribution in [0, 0.1) is 12.8 Å². The Morgan fingerprint density at radius 3 is 2.53 bits per heavy atom. The van der Waals surface area contributed by atoms with Gasteiger partial charge in [-0.3, -0.25) is 9.10 Å². The molecule has 3 rings (SSSR count). The number of hydrogen-bond acceptors (Lipinski definition) is 4. The maximum atomic E-state index is 13.6. The van der Waals surface area contributed by atoms with Gasteiger partial charge >= 0.3 is 0 Å². The predicted molar refractivity (Wildman–Crippen MR) is 118 cm³/mol. The number of sulfonamides is 1. The van der Waals surface area contributed by atoms with Gasteiger partial charge in [0.05, 0.1) is 17.2 Å². The fraction of sp³-hybridized carbons (Fsp3) is 0.435. The Labute approximate surface area is 179 Å². The summed E-state index contributed by atoms with van der Waals surface area (Å²) in [5, 5.41) is 0. The molecule has 30 heavy (non-hydrogen) atoms. The summed E-state index contributed by atoms with van der Waals surface area (Å²) in [5.74, 6) is 0.666. The molecule has 0 spiro atoms. The molecule has 1 saturated heterocycles. The van der Waals surface area contributed by atoms with Gasteiger partial charge in [0.15, 0.2) is 0 Å². The standard InChI is InChI=1S/C23H30N2O4S/c1-4-29-22-10-6-5-9-21(22)25(17-23(26)24-15-7-8-19(3)16-24)30(27,28)20-13-11-18(2)12-14-20/h5-6,9-14,19H,4,7-8,15-17H2,1-3H3/t19-/m0/s1. The molecule has 1 fully saturated rings. The number of anilines is 1. The lowest BCUT2D eigenvalue weighted by atomic mass is 10.0. The van der Waals surface area contributed by atoms with Crippen molar-refractivity contribution in [1.29, 1.82) is 0 Å². The van der Waals surface area contributed by atoms with Crippen molar-refractivity contribution in [3.8, 4) is 5.75 Å². The normalized spacial score (nSPS) is 16.9. The number of benzene rings is 2. The Hall–Kier alpha value is -2.54. The van der Waals surface area contributed by atoms with Crippen molar-refractivity contribution in [3.05, 3.63) is 54.1 Å². The minimum absolute atomic E-state index is 0.152. The summed E-state index contributed by atoms with van der Waals surface area (Å²) in [7, 11) is -3.95. The van der Waals surface area contributed by atoms with E-state index in [0.717, 1.165) is 18.4 Å². The number of ether oxygens (including phenoxy) is 1. The predicted octanol–water partition coefficient (Wildman–Crippen LogP) is 3.85. The lowest BCUT2D eigenvalue weighted by Crippen LogP contribution is -2.46. The number of amides is 1. The van der Waals surface area contributed by atoms with E-state index in [9.17, 15) is 13.2 Å². The largest absolute Gasteiger partial charge is 0.492 e. The number of piperidine rings is 1. The highest BCUT2D eigenvalue weighted by Crippen LogP contribution is 2.33. The van der Waals surface area contributed by atoms with E-state index in [1.807, 2.05) is 13.8 Å². The SMILES string of the molecule is CCOc1ccccc1N(CC(=O)N1CCC[C@H](C)C1)S(=O)(=O)c1ccc(C)cc1. The second kappa shape index (κ2) is 9.51. The molecule has 6 nitrogen and oxygen atoms in total. The van der Waals surface area contributed by atoms with Crippen LogP contribution in [-0.2, 0) is 14.8 Å². The van der Waals surface area contributed by atoms with E-state index in [1.165, 1.54) is 4.31 Å². The molecule has 2 aromatic rings. The number of likely N-dealkylation sites (tertiary alicyclic amines) is 1. The zero-order chi connectivity index (χ0) is 21.7. The number of rotatable bonds is 7. The van der Waals surface area contributed by atoms with Crippen LogP contribution in [0.1, 0.15) is 32.3 Å². The summed E-state index contributed by atoms with van der Waals surface area (Å²) in [6.07, 6.45) is 2.02. The first kappa shape index (κ1) is 22.2. The van der Waals surface area contributed by atoms with E-state index in [1.54, 1.807) is 53.4 Å². The molecule has 0 radical (unpaired) electrons. The first-order chi connectivity index (χ1) is 14.3. The number of carbonyl (C=O) groups excluding carboxylic acids is 1. The van der Waals surface area contributed by atoms with Crippen LogP contribution in [0.5, 0.6) is 5.75 Å². The Morgan fingerprint density at radius 2 is 1.87 bits per heavy atom. The molecule has 1 amide bonds. The van der Waals surface area contributed by atoms with E-state index in [0.29, 0.717) is 37.1 Å². The summed E-state index contributed by atoms with van der Waals surface area (Å²) in [5.41, 5.74) is 1.34. The van der Waals surface area contributed by atoms with E-state index in [-0.39, 0.29) is 17.3 Å². The van der Waals surface area contributed by atoms with Crippen molar-refractivity contribution >= 4 is 21.6 Å². The summed E-state index contributed by atoms with van der Waals surface area (Å²) in [4.78, 5) is 15.0. The maximum Gasteiger partial charge on any atom is 0.264 e. The molecule has 1 atom stereocenters. The Kier molecular flexibility index (Phi) is 7.02.